The van der Waals surface area contributed by atoms with E-state index >= 15 is 0 Å². The van der Waals surface area contributed by atoms with Gasteiger partial charge in [0.2, 0.25) is 10.0 Å². The summed E-state index contributed by atoms with van der Waals surface area (Å²) in [4.78, 5) is 12.1. The Hall–Kier alpha value is -1.98. The number of nitrogens with one attached hydrogen (secondary N) is 1. The summed E-state index contributed by atoms with van der Waals surface area (Å²) in [6.07, 6.45) is 4.35. The van der Waals surface area contributed by atoms with Gasteiger partial charge in [0.05, 0.1) is 24.5 Å². The van der Waals surface area contributed by atoms with E-state index in [-0.39, 0.29) is 18.4 Å². The van der Waals surface area contributed by atoms with Crippen molar-refractivity contribution in [1.82, 2.24) is 0 Å². The molecule has 0 bridgehead atoms. The molecule has 1 aromatic carbocycles. The smallest absolute Gasteiger partial charge is 0.332 e. The van der Waals surface area contributed by atoms with Crippen molar-refractivity contribution < 1.29 is 38.0 Å². The average molecular weight is 498 g/mol. The van der Waals surface area contributed by atoms with E-state index in [4.69, 9.17) is 9.47 Å². The molecule has 0 radical (unpaired) electrons. The van der Waals surface area contributed by atoms with Gasteiger partial charge in [-0.05, 0) is 43.4 Å². The van der Waals surface area contributed by atoms with Gasteiger partial charge in [0.25, 0.3) is 0 Å². The average Bonchev–Trinajstić information content (AvgIpc) is 3.13. The van der Waals surface area contributed by atoms with E-state index in [1.807, 2.05) is 12.1 Å². The molecule has 1 saturated heterocycles. The van der Waals surface area contributed by atoms with E-state index in [9.17, 15) is 28.5 Å². The third-order valence-electron chi connectivity index (χ3n) is 6.75. The van der Waals surface area contributed by atoms with Gasteiger partial charge in [-0.15, -0.1) is 0 Å². The Bertz CT molecular complexity index is 1000. The van der Waals surface area contributed by atoms with Crippen molar-refractivity contribution in [1.29, 1.82) is 0 Å². The normalized spacial score (nSPS) is 29.2. The first-order valence-corrected chi connectivity index (χ1v) is 13.4. The fourth-order valence-corrected chi connectivity index (χ4v) is 6.32. The molecule has 3 rings (SSSR count). The number of para-hydroxylation sites is 1. The predicted molar refractivity (Wildman–Crippen MR) is 127 cm³/mol. The van der Waals surface area contributed by atoms with Crippen LogP contribution in [0.15, 0.2) is 35.9 Å². The minimum absolute atomic E-state index is 0.0607. The van der Waals surface area contributed by atoms with E-state index < -0.39 is 51.9 Å². The van der Waals surface area contributed by atoms with E-state index in [0.717, 1.165) is 24.8 Å². The van der Waals surface area contributed by atoms with E-state index in [1.54, 1.807) is 19.1 Å². The number of anilines is 1. The Labute approximate surface area is 200 Å². The van der Waals surface area contributed by atoms with Crippen molar-refractivity contribution in [3.8, 4) is 0 Å². The maximum atomic E-state index is 13.3. The summed E-state index contributed by atoms with van der Waals surface area (Å²) in [5.41, 5.74) is -0.251. The van der Waals surface area contributed by atoms with Gasteiger partial charge >= 0.3 is 5.97 Å². The Kier molecular flexibility index (Phi) is 8.41. The van der Waals surface area contributed by atoms with Crippen molar-refractivity contribution in [3.05, 3.63) is 41.5 Å². The number of benzene rings is 1. The summed E-state index contributed by atoms with van der Waals surface area (Å²) < 4.78 is 41.2. The molecule has 10 heteroatoms. The molecular formula is C24H35NO8S. The van der Waals surface area contributed by atoms with Crippen LogP contribution in [0.1, 0.15) is 57.9 Å². The van der Waals surface area contributed by atoms with Gasteiger partial charge in [0.15, 0.2) is 5.79 Å². The zero-order valence-electron chi connectivity index (χ0n) is 19.7. The van der Waals surface area contributed by atoms with Gasteiger partial charge in [-0.3, -0.25) is 4.72 Å². The highest BCUT2D eigenvalue weighted by Crippen LogP contribution is 2.46. The molecule has 0 amide bonds. The van der Waals surface area contributed by atoms with Gasteiger partial charge in [-0.25, -0.2) is 13.2 Å². The summed E-state index contributed by atoms with van der Waals surface area (Å²) in [7, 11) is -4.10. The number of carboxylic acids is 1. The number of aliphatic hydroxyl groups excluding tert-OH is 2. The Morgan fingerprint density at radius 2 is 1.94 bits per heavy atom. The molecule has 4 unspecified atom stereocenters. The van der Waals surface area contributed by atoms with Crippen LogP contribution >= 0.6 is 0 Å². The number of carbonyl (C=O) groups is 1. The fraction of sp³-hybridized carbons (Fsp3) is 0.625. The fourth-order valence-electron chi connectivity index (χ4n) is 4.74. The zero-order chi connectivity index (χ0) is 25.0. The van der Waals surface area contributed by atoms with Gasteiger partial charge in [-0.2, -0.15) is 0 Å². The number of hydrogen-bond donors (Lipinski definition) is 4. The summed E-state index contributed by atoms with van der Waals surface area (Å²) in [6.45, 7) is 3.01. The van der Waals surface area contributed by atoms with Crippen LogP contribution in [0.4, 0.5) is 5.69 Å². The molecule has 9 nitrogen and oxygen atoms in total. The second-order valence-electron chi connectivity index (χ2n) is 8.97. The second-order valence-corrected chi connectivity index (χ2v) is 10.8. The number of carboxylic acid groups (broad SMARTS) is 1. The number of aliphatic hydroxyl groups is 2. The Morgan fingerprint density at radius 3 is 2.53 bits per heavy atom. The number of hydrogen-bond acceptors (Lipinski definition) is 7. The zero-order valence-corrected chi connectivity index (χ0v) is 20.5. The lowest BCUT2D eigenvalue weighted by Gasteiger charge is -2.34. The van der Waals surface area contributed by atoms with Crippen LogP contribution in [0.25, 0.3) is 0 Å². The summed E-state index contributed by atoms with van der Waals surface area (Å²) in [6, 6.07) is 7.13. The number of sulfonamides is 1. The molecule has 34 heavy (non-hydrogen) atoms. The van der Waals surface area contributed by atoms with Crippen molar-refractivity contribution in [2.24, 2.45) is 0 Å². The maximum absolute atomic E-state index is 13.3. The number of aliphatic carboxylic acids is 1. The van der Waals surface area contributed by atoms with Crippen molar-refractivity contribution in [2.75, 3.05) is 17.9 Å². The van der Waals surface area contributed by atoms with E-state index in [2.05, 4.69) is 11.6 Å². The van der Waals surface area contributed by atoms with Gasteiger partial charge in [0.1, 0.15) is 17.0 Å². The van der Waals surface area contributed by atoms with E-state index in [1.165, 1.54) is 6.08 Å². The first-order chi connectivity index (χ1) is 16.2. The molecule has 1 aliphatic heterocycles. The highest BCUT2D eigenvalue weighted by Gasteiger charge is 2.57. The summed E-state index contributed by atoms with van der Waals surface area (Å²) in [5, 5.41) is 28.2. The van der Waals surface area contributed by atoms with Crippen molar-refractivity contribution in [2.45, 2.75) is 81.5 Å². The predicted octanol–water partition coefficient (Wildman–Crippen LogP) is 2.58. The van der Waals surface area contributed by atoms with Crippen LogP contribution < -0.4 is 4.72 Å². The highest BCUT2D eigenvalue weighted by atomic mass is 32.2. The summed E-state index contributed by atoms with van der Waals surface area (Å²) in [5.74, 6) is -2.92. The lowest BCUT2D eigenvalue weighted by Crippen LogP contribution is -2.46. The van der Waals surface area contributed by atoms with Gasteiger partial charge < -0.3 is 24.8 Å². The van der Waals surface area contributed by atoms with E-state index in [0.29, 0.717) is 18.5 Å². The van der Waals surface area contributed by atoms with Crippen molar-refractivity contribution in [3.63, 3.8) is 0 Å². The molecule has 2 aliphatic rings. The third-order valence-corrected chi connectivity index (χ3v) is 8.50. The van der Waals surface area contributed by atoms with Crippen LogP contribution in [0.5, 0.6) is 0 Å². The molecule has 1 aliphatic carbocycles. The molecule has 190 valence electrons. The molecule has 0 aromatic heterocycles. The summed E-state index contributed by atoms with van der Waals surface area (Å²) >= 11 is 0. The van der Waals surface area contributed by atoms with Crippen LogP contribution in [0, 0.1) is 0 Å². The molecular weight excluding hydrogens is 462 g/mol. The molecule has 1 spiro atoms. The van der Waals surface area contributed by atoms with Gasteiger partial charge in [-0.1, -0.05) is 44.9 Å². The lowest BCUT2D eigenvalue weighted by molar-refractivity contribution is -0.171. The lowest BCUT2D eigenvalue weighted by atomic mass is 9.93. The highest BCUT2D eigenvalue weighted by molar-refractivity contribution is 7.93. The minimum Gasteiger partial charge on any atom is -0.478 e. The largest absolute Gasteiger partial charge is 0.478 e. The van der Waals surface area contributed by atoms with Crippen LogP contribution in [0.2, 0.25) is 0 Å². The van der Waals surface area contributed by atoms with Crippen LogP contribution in [0.3, 0.4) is 0 Å². The number of aryl methyl sites for hydroxylation is 1. The number of ether oxygens (including phenoxy) is 2. The quantitative estimate of drug-likeness (QED) is 0.342. The first kappa shape index (κ1) is 26.6. The molecule has 4 atom stereocenters. The Balaban J connectivity index is 1.90. The molecule has 1 aromatic rings. The SMILES string of the molecule is CCCCCc1ccccc1NS(=O)(=O)C1CCC2(C=C1C(=O)O)OC(CO)C(CC)(CO)O2. The van der Waals surface area contributed by atoms with Crippen molar-refractivity contribution >= 4 is 21.7 Å². The number of rotatable bonds is 11. The van der Waals surface area contributed by atoms with Gasteiger partial charge in [0, 0.05) is 6.42 Å². The maximum Gasteiger partial charge on any atom is 0.332 e. The Morgan fingerprint density at radius 1 is 1.21 bits per heavy atom. The standard InChI is InChI=1S/C24H35NO8S/c1-3-5-6-9-17-10-7-8-11-19(17)25-34(30,31)20-12-13-24(14-18(20)22(28)29)32-21(15-26)23(4-2,16-27)33-24/h7-8,10-11,14,20-21,25-27H,3-6,9,12-13,15-16H2,1-2H3,(H,28,29). The topological polar surface area (TPSA) is 142 Å². The van der Waals surface area contributed by atoms with Crippen LogP contribution in [-0.2, 0) is 30.7 Å². The molecule has 1 fully saturated rings. The monoisotopic (exact) mass is 497 g/mol. The molecule has 4 N–H and O–H groups in total. The number of unbranched alkanes of at least 4 members (excludes halogenated alkanes) is 2. The second kappa shape index (κ2) is 10.7. The molecule has 0 saturated carbocycles. The third kappa shape index (κ3) is 5.31. The molecule has 1 heterocycles. The van der Waals surface area contributed by atoms with Crippen LogP contribution in [-0.4, -0.2) is 65.7 Å². The minimum atomic E-state index is -4.10. The first-order valence-electron chi connectivity index (χ1n) is 11.8.